The van der Waals surface area contributed by atoms with Crippen molar-refractivity contribution in [3.63, 3.8) is 0 Å². The average molecular weight is 352 g/mol. The number of phenolic OH excluding ortho intramolecular Hbond substituents is 2. The Hall–Kier alpha value is -2.47. The molecule has 0 spiro atoms. The molecule has 1 atom stereocenters. The zero-order valence-electron chi connectivity index (χ0n) is 13.6. The molecule has 1 unspecified atom stereocenters. The Morgan fingerprint density at radius 2 is 1.92 bits per heavy atom. The predicted molar refractivity (Wildman–Crippen MR) is 95.5 cm³/mol. The van der Waals surface area contributed by atoms with E-state index in [9.17, 15) is 15.0 Å². The van der Waals surface area contributed by atoms with Crippen molar-refractivity contribution in [2.24, 2.45) is 0 Å². The predicted octanol–water partition coefficient (Wildman–Crippen LogP) is 3.08. The lowest BCUT2D eigenvalue weighted by Crippen LogP contribution is -2.29. The van der Waals surface area contributed by atoms with Crippen LogP contribution in [0.3, 0.4) is 0 Å². The van der Waals surface area contributed by atoms with Crippen LogP contribution in [0, 0.1) is 6.92 Å². The average Bonchev–Trinajstić information content (AvgIpc) is 2.45. The SMILES string of the molecule is CCCC(NC(=O)c1c(O)cccc1O)c1cc(C)cc(N)n1.Cl. The number of hydrogen-bond donors (Lipinski definition) is 4. The highest BCUT2D eigenvalue weighted by atomic mass is 35.5. The third-order valence-electron chi connectivity index (χ3n) is 3.50. The van der Waals surface area contributed by atoms with Crippen molar-refractivity contribution in [1.29, 1.82) is 0 Å². The van der Waals surface area contributed by atoms with Gasteiger partial charge in [0.2, 0.25) is 0 Å². The molecule has 5 N–H and O–H groups in total. The number of aromatic nitrogens is 1. The van der Waals surface area contributed by atoms with Gasteiger partial charge in [0.05, 0.1) is 11.7 Å². The van der Waals surface area contributed by atoms with Crippen LogP contribution >= 0.6 is 12.4 Å². The summed E-state index contributed by atoms with van der Waals surface area (Å²) in [5.41, 5.74) is 7.25. The summed E-state index contributed by atoms with van der Waals surface area (Å²) in [7, 11) is 0. The lowest BCUT2D eigenvalue weighted by atomic mass is 10.0. The first kappa shape index (κ1) is 19.6. The van der Waals surface area contributed by atoms with Crippen LogP contribution in [0.15, 0.2) is 30.3 Å². The summed E-state index contributed by atoms with van der Waals surface area (Å²) in [5, 5.41) is 22.4. The molecule has 6 nitrogen and oxygen atoms in total. The number of carbonyl (C=O) groups is 1. The molecule has 0 aliphatic carbocycles. The third kappa shape index (κ3) is 4.52. The van der Waals surface area contributed by atoms with Gasteiger partial charge in [0.15, 0.2) is 0 Å². The van der Waals surface area contributed by atoms with Gasteiger partial charge in [-0.3, -0.25) is 4.79 Å². The summed E-state index contributed by atoms with van der Waals surface area (Å²) in [5.74, 6) is -0.703. The minimum Gasteiger partial charge on any atom is -0.507 e. The number of nitrogens with one attached hydrogen (secondary N) is 1. The van der Waals surface area contributed by atoms with E-state index < -0.39 is 5.91 Å². The molecule has 2 aromatic rings. The number of carbonyl (C=O) groups excluding carboxylic acids is 1. The van der Waals surface area contributed by atoms with Crippen molar-refractivity contribution < 1.29 is 15.0 Å². The molecule has 1 aromatic carbocycles. The summed E-state index contributed by atoms with van der Waals surface area (Å²) in [6.07, 6.45) is 1.49. The third-order valence-corrected chi connectivity index (χ3v) is 3.50. The Kier molecular flexibility index (Phi) is 6.85. The molecule has 0 saturated heterocycles. The number of benzene rings is 1. The van der Waals surface area contributed by atoms with Gasteiger partial charge >= 0.3 is 0 Å². The molecule has 130 valence electrons. The van der Waals surface area contributed by atoms with Gasteiger partial charge in [-0.1, -0.05) is 19.4 Å². The quantitative estimate of drug-likeness (QED) is 0.662. The number of hydrogen-bond acceptors (Lipinski definition) is 5. The minimum absolute atomic E-state index is 0. The maximum atomic E-state index is 12.4. The molecule has 0 bridgehead atoms. The molecule has 2 rings (SSSR count). The van der Waals surface area contributed by atoms with Crippen LogP contribution in [0.25, 0.3) is 0 Å². The topological polar surface area (TPSA) is 108 Å². The zero-order chi connectivity index (χ0) is 17.0. The number of rotatable bonds is 5. The van der Waals surface area contributed by atoms with Crippen molar-refractivity contribution in [3.05, 3.63) is 47.2 Å². The van der Waals surface area contributed by atoms with Crippen molar-refractivity contribution in [2.75, 3.05) is 5.73 Å². The van der Waals surface area contributed by atoms with Gasteiger partial charge < -0.3 is 21.3 Å². The second kappa shape index (κ2) is 8.40. The Balaban J connectivity index is 0.00000288. The molecule has 0 aliphatic heterocycles. The smallest absolute Gasteiger partial charge is 0.259 e. The number of nitrogens with two attached hydrogens (primary N) is 1. The molecule has 0 radical (unpaired) electrons. The Bertz CT molecular complexity index is 682. The molecular weight excluding hydrogens is 330 g/mol. The molecule has 1 heterocycles. The Morgan fingerprint density at radius 3 is 2.46 bits per heavy atom. The summed E-state index contributed by atoms with van der Waals surface area (Å²) in [6, 6.07) is 7.44. The number of phenols is 2. The van der Waals surface area contributed by atoms with E-state index in [0.29, 0.717) is 17.9 Å². The fourth-order valence-corrected chi connectivity index (χ4v) is 2.47. The first-order chi connectivity index (χ1) is 10.9. The fraction of sp³-hybridized carbons (Fsp3) is 0.294. The Labute approximate surface area is 147 Å². The van der Waals surface area contributed by atoms with Gasteiger partial charge in [-0.15, -0.1) is 12.4 Å². The number of nitrogen functional groups attached to an aromatic ring is 1. The molecule has 24 heavy (non-hydrogen) atoms. The van der Waals surface area contributed by atoms with Crippen LogP contribution in [-0.4, -0.2) is 21.1 Å². The van der Waals surface area contributed by atoms with Gasteiger partial charge in [0.25, 0.3) is 5.91 Å². The molecule has 0 aliphatic rings. The fourth-order valence-electron chi connectivity index (χ4n) is 2.47. The normalized spacial score (nSPS) is 11.4. The van der Waals surface area contributed by atoms with Crippen LogP contribution in [-0.2, 0) is 0 Å². The van der Waals surface area contributed by atoms with Crippen molar-refractivity contribution in [3.8, 4) is 11.5 Å². The van der Waals surface area contributed by atoms with Gasteiger partial charge in [0.1, 0.15) is 22.9 Å². The molecule has 7 heteroatoms. The maximum Gasteiger partial charge on any atom is 0.259 e. The second-order valence-corrected chi connectivity index (χ2v) is 5.48. The van der Waals surface area contributed by atoms with Gasteiger partial charge in [0, 0.05) is 0 Å². The Morgan fingerprint density at radius 1 is 1.29 bits per heavy atom. The van der Waals surface area contributed by atoms with E-state index in [1.165, 1.54) is 18.2 Å². The van der Waals surface area contributed by atoms with E-state index in [4.69, 9.17) is 5.73 Å². The van der Waals surface area contributed by atoms with Gasteiger partial charge in [-0.05, 0) is 43.2 Å². The zero-order valence-corrected chi connectivity index (χ0v) is 14.4. The molecule has 1 amide bonds. The monoisotopic (exact) mass is 351 g/mol. The highest BCUT2D eigenvalue weighted by Gasteiger charge is 2.21. The van der Waals surface area contributed by atoms with Crippen molar-refractivity contribution in [1.82, 2.24) is 10.3 Å². The number of anilines is 1. The van der Waals surface area contributed by atoms with Crippen LogP contribution in [0.5, 0.6) is 11.5 Å². The van der Waals surface area contributed by atoms with Crippen LogP contribution < -0.4 is 11.1 Å². The molecule has 1 aromatic heterocycles. The van der Waals surface area contributed by atoms with Crippen LogP contribution in [0.1, 0.15) is 47.4 Å². The van der Waals surface area contributed by atoms with E-state index in [-0.39, 0.29) is 35.5 Å². The van der Waals surface area contributed by atoms with E-state index in [2.05, 4.69) is 10.3 Å². The first-order valence-electron chi connectivity index (χ1n) is 7.48. The van der Waals surface area contributed by atoms with Crippen molar-refractivity contribution in [2.45, 2.75) is 32.7 Å². The number of pyridine rings is 1. The minimum atomic E-state index is -0.555. The number of amides is 1. The van der Waals surface area contributed by atoms with Crippen molar-refractivity contribution >= 4 is 24.1 Å². The standard InChI is InChI=1S/C17H21N3O3.ClH/c1-3-5-11(12-8-10(2)9-15(18)19-12)20-17(23)16-13(21)6-4-7-14(16)22;/h4,6-9,11,21-22H,3,5H2,1-2H3,(H2,18,19)(H,20,23);1H. The number of nitrogens with zero attached hydrogens (tertiary/aromatic N) is 1. The summed E-state index contributed by atoms with van der Waals surface area (Å²) < 4.78 is 0. The summed E-state index contributed by atoms with van der Waals surface area (Å²) in [6.45, 7) is 3.90. The first-order valence-corrected chi connectivity index (χ1v) is 7.48. The number of aromatic hydroxyl groups is 2. The van der Waals surface area contributed by atoms with E-state index in [1.807, 2.05) is 19.9 Å². The largest absolute Gasteiger partial charge is 0.507 e. The lowest BCUT2D eigenvalue weighted by molar-refractivity contribution is 0.0928. The molecule has 0 saturated carbocycles. The number of aryl methyl sites for hydroxylation is 1. The van der Waals surface area contributed by atoms with Gasteiger partial charge in [-0.2, -0.15) is 0 Å². The summed E-state index contributed by atoms with van der Waals surface area (Å²) >= 11 is 0. The second-order valence-electron chi connectivity index (χ2n) is 5.48. The lowest BCUT2D eigenvalue weighted by Gasteiger charge is -2.19. The van der Waals surface area contributed by atoms with E-state index >= 15 is 0 Å². The van der Waals surface area contributed by atoms with Gasteiger partial charge in [-0.25, -0.2) is 4.98 Å². The number of halogens is 1. The van der Waals surface area contributed by atoms with E-state index in [0.717, 1.165) is 12.0 Å². The highest BCUT2D eigenvalue weighted by Crippen LogP contribution is 2.27. The summed E-state index contributed by atoms with van der Waals surface area (Å²) in [4.78, 5) is 16.7. The van der Waals surface area contributed by atoms with Crippen LogP contribution in [0.4, 0.5) is 5.82 Å². The highest BCUT2D eigenvalue weighted by molar-refractivity contribution is 5.99. The maximum absolute atomic E-state index is 12.4. The van der Waals surface area contributed by atoms with Crippen LogP contribution in [0.2, 0.25) is 0 Å². The van der Waals surface area contributed by atoms with E-state index in [1.54, 1.807) is 6.07 Å². The molecule has 0 fully saturated rings. The molecular formula is C17H22ClN3O3.